The number of rotatable bonds is 8. The number of carbonyl (C=O) groups is 2. The molecule has 0 bridgehead atoms. The van der Waals surface area contributed by atoms with E-state index in [1.807, 2.05) is 6.92 Å². The number of ether oxygens (including phenoxy) is 2. The fraction of sp³-hybridized carbons (Fsp3) is 0.238. The molecular weight excluding hydrogens is 404 g/mol. The summed E-state index contributed by atoms with van der Waals surface area (Å²) in [6.07, 6.45) is 0.864. The van der Waals surface area contributed by atoms with E-state index in [4.69, 9.17) is 9.47 Å². The summed E-state index contributed by atoms with van der Waals surface area (Å²) in [6.45, 7) is 1.97. The number of methoxy groups -OCH3 is 2. The van der Waals surface area contributed by atoms with Gasteiger partial charge in [0.2, 0.25) is 11.0 Å². The van der Waals surface area contributed by atoms with Gasteiger partial charge in [-0.2, -0.15) is 0 Å². The average molecular weight is 426 g/mol. The fourth-order valence-electron chi connectivity index (χ4n) is 2.77. The Bertz CT molecular complexity index is 1050. The second-order valence-corrected chi connectivity index (χ2v) is 7.33. The number of hydrogen-bond acceptors (Lipinski definition) is 7. The van der Waals surface area contributed by atoms with Crippen LogP contribution >= 0.6 is 11.3 Å². The molecule has 0 fully saturated rings. The summed E-state index contributed by atoms with van der Waals surface area (Å²) in [5, 5.41) is 14.7. The van der Waals surface area contributed by atoms with Crippen molar-refractivity contribution in [1.82, 2.24) is 10.2 Å². The van der Waals surface area contributed by atoms with Crippen molar-refractivity contribution in [3.63, 3.8) is 0 Å². The number of carbonyl (C=O) groups excluding carboxylic acids is 2. The third-order valence-electron chi connectivity index (χ3n) is 4.25. The molecule has 0 saturated carbocycles. The van der Waals surface area contributed by atoms with Gasteiger partial charge in [-0.15, -0.1) is 10.2 Å². The Morgan fingerprint density at radius 1 is 1.00 bits per heavy atom. The molecule has 0 saturated heterocycles. The second kappa shape index (κ2) is 9.84. The summed E-state index contributed by atoms with van der Waals surface area (Å²) in [5.74, 6) is 0.514. The van der Waals surface area contributed by atoms with Crippen LogP contribution in [0.5, 0.6) is 11.5 Å². The van der Waals surface area contributed by atoms with E-state index < -0.39 is 0 Å². The Morgan fingerprint density at radius 2 is 1.77 bits per heavy atom. The third-order valence-corrected chi connectivity index (χ3v) is 5.23. The van der Waals surface area contributed by atoms with E-state index in [0.717, 1.165) is 17.0 Å². The van der Waals surface area contributed by atoms with Crippen LogP contribution in [-0.4, -0.2) is 36.2 Å². The largest absolute Gasteiger partial charge is 0.493 e. The van der Waals surface area contributed by atoms with Gasteiger partial charge in [0.15, 0.2) is 11.5 Å². The van der Waals surface area contributed by atoms with Crippen LogP contribution in [0.1, 0.15) is 27.9 Å². The number of aromatic nitrogens is 2. The molecule has 1 heterocycles. The van der Waals surface area contributed by atoms with Gasteiger partial charge in [0.1, 0.15) is 5.01 Å². The average Bonchev–Trinajstić information content (AvgIpc) is 3.21. The lowest BCUT2D eigenvalue weighted by molar-refractivity contribution is -0.115. The van der Waals surface area contributed by atoms with Gasteiger partial charge in [0.25, 0.3) is 5.91 Å². The van der Waals surface area contributed by atoms with Crippen molar-refractivity contribution in [3.05, 3.63) is 58.6 Å². The highest BCUT2D eigenvalue weighted by Gasteiger charge is 2.16. The zero-order valence-electron chi connectivity index (χ0n) is 16.9. The number of aryl methyl sites for hydroxylation is 1. The standard InChI is InChI=1S/C21H22N4O4S/c1-4-19-24-25-21(30-19)23-20(27)14-7-5-6-8-15(14)22-18(26)12-13-9-10-16(28-2)17(11-13)29-3/h5-11H,4,12H2,1-3H3,(H,22,26)(H,23,25,27). The molecule has 0 atom stereocenters. The van der Waals surface area contributed by atoms with Gasteiger partial charge >= 0.3 is 0 Å². The van der Waals surface area contributed by atoms with Crippen molar-refractivity contribution in [1.29, 1.82) is 0 Å². The molecule has 2 N–H and O–H groups in total. The van der Waals surface area contributed by atoms with Crippen molar-refractivity contribution in [3.8, 4) is 11.5 Å². The first-order chi connectivity index (χ1) is 14.5. The smallest absolute Gasteiger partial charge is 0.259 e. The van der Waals surface area contributed by atoms with Crippen LogP contribution < -0.4 is 20.1 Å². The van der Waals surface area contributed by atoms with Gasteiger partial charge in [-0.1, -0.05) is 36.5 Å². The SMILES string of the molecule is CCc1nnc(NC(=O)c2ccccc2NC(=O)Cc2ccc(OC)c(OC)c2)s1. The van der Waals surface area contributed by atoms with Crippen molar-refractivity contribution < 1.29 is 19.1 Å². The molecule has 2 amide bonds. The number of amides is 2. The minimum atomic E-state index is -0.365. The van der Waals surface area contributed by atoms with Gasteiger partial charge in [0.05, 0.1) is 31.9 Å². The van der Waals surface area contributed by atoms with Crippen LogP contribution in [-0.2, 0) is 17.6 Å². The highest BCUT2D eigenvalue weighted by Crippen LogP contribution is 2.28. The molecule has 0 spiro atoms. The van der Waals surface area contributed by atoms with Gasteiger partial charge in [-0.25, -0.2) is 0 Å². The molecular formula is C21H22N4O4S. The molecule has 1 aromatic heterocycles. The van der Waals surface area contributed by atoms with E-state index in [2.05, 4.69) is 20.8 Å². The van der Waals surface area contributed by atoms with Crippen molar-refractivity contribution in [2.24, 2.45) is 0 Å². The molecule has 0 radical (unpaired) electrons. The van der Waals surface area contributed by atoms with E-state index in [1.165, 1.54) is 18.4 Å². The lowest BCUT2D eigenvalue weighted by atomic mass is 10.1. The lowest BCUT2D eigenvalue weighted by Gasteiger charge is -2.12. The summed E-state index contributed by atoms with van der Waals surface area (Å²) >= 11 is 1.32. The molecule has 3 rings (SSSR count). The Kier molecular flexibility index (Phi) is 6.97. The normalized spacial score (nSPS) is 10.4. The molecule has 0 aliphatic carbocycles. The summed E-state index contributed by atoms with van der Waals surface area (Å²) in [4.78, 5) is 25.2. The number of hydrogen-bond donors (Lipinski definition) is 2. The minimum Gasteiger partial charge on any atom is -0.493 e. The molecule has 156 valence electrons. The Labute approximate surface area is 178 Å². The monoisotopic (exact) mass is 426 g/mol. The van der Waals surface area contributed by atoms with Gasteiger partial charge in [0, 0.05) is 0 Å². The van der Waals surface area contributed by atoms with Crippen molar-refractivity contribution >= 4 is 34.0 Å². The van der Waals surface area contributed by atoms with Gasteiger partial charge in [-0.05, 0) is 36.2 Å². The fourth-order valence-corrected chi connectivity index (χ4v) is 3.45. The lowest BCUT2D eigenvalue weighted by Crippen LogP contribution is -2.19. The van der Waals surface area contributed by atoms with E-state index in [9.17, 15) is 9.59 Å². The molecule has 8 nitrogen and oxygen atoms in total. The maximum Gasteiger partial charge on any atom is 0.259 e. The van der Waals surface area contributed by atoms with Crippen LogP contribution in [0.15, 0.2) is 42.5 Å². The Balaban J connectivity index is 1.71. The van der Waals surface area contributed by atoms with Crippen molar-refractivity contribution in [2.75, 3.05) is 24.9 Å². The third kappa shape index (κ3) is 5.12. The highest BCUT2D eigenvalue weighted by atomic mass is 32.1. The molecule has 9 heteroatoms. The Morgan fingerprint density at radius 3 is 2.47 bits per heavy atom. The Hall–Kier alpha value is -3.46. The van der Waals surface area contributed by atoms with E-state index in [-0.39, 0.29) is 18.2 Å². The van der Waals surface area contributed by atoms with Crippen LogP contribution in [0.3, 0.4) is 0 Å². The predicted molar refractivity (Wildman–Crippen MR) is 116 cm³/mol. The van der Waals surface area contributed by atoms with Crippen LogP contribution in [0.25, 0.3) is 0 Å². The van der Waals surface area contributed by atoms with Gasteiger partial charge < -0.3 is 14.8 Å². The zero-order chi connectivity index (χ0) is 21.5. The topological polar surface area (TPSA) is 102 Å². The summed E-state index contributed by atoms with van der Waals surface area (Å²) in [5.41, 5.74) is 1.51. The summed E-state index contributed by atoms with van der Waals surface area (Å²) < 4.78 is 10.5. The molecule has 30 heavy (non-hydrogen) atoms. The molecule has 2 aromatic carbocycles. The first kappa shape index (κ1) is 21.3. The number of nitrogens with one attached hydrogen (secondary N) is 2. The van der Waals surface area contributed by atoms with Crippen LogP contribution in [0, 0.1) is 0 Å². The van der Waals surface area contributed by atoms with E-state index >= 15 is 0 Å². The number of para-hydroxylation sites is 1. The number of benzene rings is 2. The molecule has 0 aliphatic heterocycles. The predicted octanol–water partition coefficient (Wildman–Crippen LogP) is 3.55. The van der Waals surface area contributed by atoms with Crippen LogP contribution in [0.4, 0.5) is 10.8 Å². The highest BCUT2D eigenvalue weighted by molar-refractivity contribution is 7.15. The molecule has 3 aromatic rings. The summed E-state index contributed by atoms with van der Waals surface area (Å²) in [7, 11) is 3.09. The molecule has 0 unspecified atom stereocenters. The first-order valence-electron chi connectivity index (χ1n) is 9.27. The second-order valence-electron chi connectivity index (χ2n) is 6.27. The van der Waals surface area contributed by atoms with Crippen molar-refractivity contribution in [2.45, 2.75) is 19.8 Å². The maximum atomic E-state index is 12.7. The summed E-state index contributed by atoms with van der Waals surface area (Å²) in [6, 6.07) is 12.1. The number of nitrogens with zero attached hydrogens (tertiary/aromatic N) is 2. The first-order valence-corrected chi connectivity index (χ1v) is 10.1. The van der Waals surface area contributed by atoms with E-state index in [0.29, 0.717) is 27.9 Å². The zero-order valence-corrected chi connectivity index (χ0v) is 17.7. The minimum absolute atomic E-state index is 0.118. The van der Waals surface area contributed by atoms with E-state index in [1.54, 1.807) is 49.6 Å². The van der Waals surface area contributed by atoms with Gasteiger partial charge in [-0.3, -0.25) is 14.9 Å². The maximum absolute atomic E-state index is 12.7. The number of anilines is 2. The molecule has 0 aliphatic rings. The van der Waals surface area contributed by atoms with Crippen LogP contribution in [0.2, 0.25) is 0 Å². The quantitative estimate of drug-likeness (QED) is 0.571.